The minimum absolute atomic E-state index is 0.0409. The van der Waals surface area contributed by atoms with Crippen LogP contribution in [0.2, 0.25) is 0 Å². The van der Waals surface area contributed by atoms with E-state index < -0.39 is 53.3 Å². The van der Waals surface area contributed by atoms with E-state index in [1.165, 1.54) is 0 Å². The fourth-order valence-electron chi connectivity index (χ4n) is 6.15. The van der Waals surface area contributed by atoms with Crippen LogP contribution in [0.5, 0.6) is 5.75 Å². The summed E-state index contributed by atoms with van der Waals surface area (Å²) in [5.74, 6) is -0.716. The number of nitrogens with zero attached hydrogens (tertiary/aromatic N) is 2. The molecule has 3 rings (SSSR count). The number of amides is 4. The second-order valence-corrected chi connectivity index (χ2v) is 16.5. The first kappa shape index (κ1) is 47.5. The molecule has 0 radical (unpaired) electrons. The van der Waals surface area contributed by atoms with Gasteiger partial charge in [0.15, 0.2) is 11.8 Å². The van der Waals surface area contributed by atoms with Gasteiger partial charge in [-0.3, -0.25) is 15.0 Å². The standard InChI is InChI=1S/C42H63N9O8/c1-26-23-29(52)24-27(2)30(26)25-33(48-35(53)31(18-14-22-45-38(43)44)49-40(56)58-42(6,7)8)36(54)47-32(17-12-13-21-46-39(55)57-41(3,4)5)37-50-34(51-59-37)20-19-28-15-10-9-11-16-28/h9-11,15-16,23-24,31-33,52H,12-14,17-22,25H2,1-8H3,(H,46,55)(H,47,54)(H,48,53)(H,49,56)(H4,43,44,45)/t31-,32+,33+/m1/s1. The molecule has 0 aliphatic carbocycles. The number of alkyl carbamates (subject to hydrolysis) is 2. The van der Waals surface area contributed by atoms with E-state index in [0.717, 1.165) is 11.1 Å². The summed E-state index contributed by atoms with van der Waals surface area (Å²) in [5.41, 5.74) is 7.21. The SMILES string of the molecule is Cc1cc(O)cc(C)c1C[C@H](NC(=O)[C@@H](CCCNC(=N)N)NC(=O)OC(C)(C)C)C(=O)N[C@@H](CCCCNC(=O)OC(C)(C)C)c1nc(CCc2ccccc2)no1. The number of carbonyl (C=O) groups is 4. The molecule has 1 heterocycles. The van der Waals surface area contributed by atoms with Crippen LogP contribution in [0.1, 0.15) is 114 Å². The van der Waals surface area contributed by atoms with Crippen LogP contribution in [0.15, 0.2) is 47.0 Å². The van der Waals surface area contributed by atoms with Crippen molar-refractivity contribution in [1.29, 1.82) is 5.41 Å². The van der Waals surface area contributed by atoms with Crippen molar-refractivity contribution < 1.29 is 38.3 Å². The van der Waals surface area contributed by atoms with Crippen LogP contribution in [0.4, 0.5) is 9.59 Å². The van der Waals surface area contributed by atoms with Crippen molar-refractivity contribution in [3.05, 3.63) is 76.4 Å². The summed E-state index contributed by atoms with van der Waals surface area (Å²) in [6, 6.07) is 9.99. The van der Waals surface area contributed by atoms with Gasteiger partial charge in [0.2, 0.25) is 17.7 Å². The zero-order valence-electron chi connectivity index (χ0n) is 35.6. The number of phenols is 1. The van der Waals surface area contributed by atoms with E-state index >= 15 is 0 Å². The summed E-state index contributed by atoms with van der Waals surface area (Å²) < 4.78 is 16.5. The molecule has 0 fully saturated rings. The molecule has 0 bridgehead atoms. The molecule has 3 aromatic rings. The maximum atomic E-state index is 14.5. The van der Waals surface area contributed by atoms with E-state index in [1.54, 1.807) is 67.5 Å². The van der Waals surface area contributed by atoms with Crippen molar-refractivity contribution in [3.63, 3.8) is 0 Å². The second kappa shape index (κ2) is 22.3. The molecule has 2 aromatic carbocycles. The Hall–Kier alpha value is -5.87. The minimum atomic E-state index is -1.17. The van der Waals surface area contributed by atoms with Gasteiger partial charge in [0.05, 0.1) is 0 Å². The number of aromatic hydroxyl groups is 1. The Morgan fingerprint density at radius 1 is 0.797 bits per heavy atom. The molecule has 4 amide bonds. The number of nitrogens with one attached hydrogen (secondary N) is 6. The number of aromatic nitrogens is 2. The van der Waals surface area contributed by atoms with Gasteiger partial charge in [-0.1, -0.05) is 35.5 Å². The van der Waals surface area contributed by atoms with E-state index in [2.05, 4.69) is 36.7 Å². The minimum Gasteiger partial charge on any atom is -0.508 e. The van der Waals surface area contributed by atoms with Crippen molar-refractivity contribution >= 4 is 30.0 Å². The molecule has 17 nitrogen and oxygen atoms in total. The molecule has 0 aliphatic heterocycles. The van der Waals surface area contributed by atoms with Gasteiger partial charge in [-0.15, -0.1) is 0 Å². The zero-order chi connectivity index (χ0) is 43.8. The number of carbonyl (C=O) groups excluding carboxylic acids is 4. The fourth-order valence-corrected chi connectivity index (χ4v) is 6.15. The van der Waals surface area contributed by atoms with Crippen LogP contribution < -0.4 is 32.3 Å². The van der Waals surface area contributed by atoms with E-state index in [-0.39, 0.29) is 37.0 Å². The van der Waals surface area contributed by atoms with Crippen LogP contribution in [0.25, 0.3) is 0 Å². The van der Waals surface area contributed by atoms with Crippen LogP contribution in [0.3, 0.4) is 0 Å². The molecular weight excluding hydrogens is 759 g/mol. The Bertz CT molecular complexity index is 1830. The van der Waals surface area contributed by atoms with Crippen molar-refractivity contribution in [2.75, 3.05) is 13.1 Å². The Labute approximate surface area is 346 Å². The molecule has 0 unspecified atom stereocenters. The summed E-state index contributed by atoms with van der Waals surface area (Å²) >= 11 is 0. The van der Waals surface area contributed by atoms with Crippen LogP contribution in [-0.4, -0.2) is 81.6 Å². The van der Waals surface area contributed by atoms with Gasteiger partial charge in [-0.2, -0.15) is 4.98 Å². The monoisotopic (exact) mass is 821 g/mol. The predicted octanol–water partition coefficient (Wildman–Crippen LogP) is 4.91. The molecule has 3 atom stereocenters. The van der Waals surface area contributed by atoms with Gasteiger partial charge in [0.1, 0.15) is 35.1 Å². The smallest absolute Gasteiger partial charge is 0.408 e. The van der Waals surface area contributed by atoms with Gasteiger partial charge in [-0.25, -0.2) is 9.59 Å². The summed E-state index contributed by atoms with van der Waals surface area (Å²) in [6.07, 6.45) is 1.77. The summed E-state index contributed by atoms with van der Waals surface area (Å²) in [4.78, 5) is 58.3. The first-order valence-corrected chi connectivity index (χ1v) is 20.0. The Balaban J connectivity index is 1.90. The number of benzene rings is 2. The molecule has 17 heteroatoms. The normalized spacial score (nSPS) is 13.0. The number of unbranched alkanes of at least 4 members (excludes halogenated alkanes) is 1. The summed E-state index contributed by atoms with van der Waals surface area (Å²) in [6.45, 7) is 14.6. The number of ether oxygens (including phenoxy) is 2. The average molecular weight is 822 g/mol. The third kappa shape index (κ3) is 18.1. The second-order valence-electron chi connectivity index (χ2n) is 16.5. The number of rotatable bonds is 20. The first-order chi connectivity index (χ1) is 27.7. The van der Waals surface area contributed by atoms with Gasteiger partial charge in [0, 0.05) is 25.9 Å². The highest BCUT2D eigenvalue weighted by Crippen LogP contribution is 2.24. The number of phenolic OH excluding ortho intramolecular Hbond substituents is 1. The van der Waals surface area contributed by atoms with E-state index in [4.69, 9.17) is 25.1 Å². The topological polar surface area (TPSA) is 256 Å². The van der Waals surface area contributed by atoms with Crippen LogP contribution in [-0.2, 0) is 38.3 Å². The fraction of sp³-hybridized carbons (Fsp3) is 0.548. The molecule has 0 aliphatic rings. The maximum Gasteiger partial charge on any atom is 0.408 e. The van der Waals surface area contributed by atoms with Gasteiger partial charge >= 0.3 is 12.2 Å². The van der Waals surface area contributed by atoms with Crippen molar-refractivity contribution in [1.82, 2.24) is 36.7 Å². The first-order valence-electron chi connectivity index (χ1n) is 20.0. The molecule has 59 heavy (non-hydrogen) atoms. The van der Waals surface area contributed by atoms with Crippen molar-refractivity contribution in [2.45, 2.75) is 136 Å². The zero-order valence-corrected chi connectivity index (χ0v) is 35.6. The lowest BCUT2D eigenvalue weighted by molar-refractivity contribution is -0.130. The van der Waals surface area contributed by atoms with Crippen molar-refractivity contribution in [3.8, 4) is 5.75 Å². The van der Waals surface area contributed by atoms with E-state index in [0.29, 0.717) is 62.0 Å². The number of guanidine groups is 1. The van der Waals surface area contributed by atoms with E-state index in [9.17, 15) is 24.3 Å². The Morgan fingerprint density at radius 3 is 2.03 bits per heavy atom. The summed E-state index contributed by atoms with van der Waals surface area (Å²) in [5, 5.41) is 35.9. The highest BCUT2D eigenvalue weighted by molar-refractivity contribution is 5.91. The number of aryl methyl sites for hydroxylation is 4. The highest BCUT2D eigenvalue weighted by atomic mass is 16.6. The third-order valence-electron chi connectivity index (χ3n) is 8.88. The number of hydrogen-bond donors (Lipinski definition) is 8. The largest absolute Gasteiger partial charge is 0.508 e. The summed E-state index contributed by atoms with van der Waals surface area (Å²) in [7, 11) is 0. The molecule has 0 saturated carbocycles. The quantitative estimate of drug-likeness (QED) is 0.0430. The molecule has 1 aromatic heterocycles. The van der Waals surface area contributed by atoms with Crippen molar-refractivity contribution in [2.24, 2.45) is 5.73 Å². The molecule has 324 valence electrons. The average Bonchev–Trinajstić information content (AvgIpc) is 3.60. The molecule has 0 saturated heterocycles. The lowest BCUT2D eigenvalue weighted by atomic mass is 9.95. The Morgan fingerprint density at radius 2 is 1.41 bits per heavy atom. The molecule has 0 spiro atoms. The van der Waals surface area contributed by atoms with Crippen LogP contribution in [0, 0.1) is 19.3 Å². The maximum absolute atomic E-state index is 14.5. The van der Waals surface area contributed by atoms with Gasteiger partial charge in [-0.05, 0) is 128 Å². The third-order valence-corrected chi connectivity index (χ3v) is 8.88. The predicted molar refractivity (Wildman–Crippen MR) is 223 cm³/mol. The highest BCUT2D eigenvalue weighted by Gasteiger charge is 2.32. The number of hydrogen-bond acceptors (Lipinski definition) is 11. The van der Waals surface area contributed by atoms with E-state index in [1.807, 2.05) is 30.3 Å². The number of nitrogens with two attached hydrogens (primary N) is 1. The van der Waals surface area contributed by atoms with Gasteiger partial charge in [0.25, 0.3) is 0 Å². The molecule has 9 N–H and O–H groups in total. The van der Waals surface area contributed by atoms with Crippen LogP contribution >= 0.6 is 0 Å². The molecular formula is C42H63N9O8. The Kier molecular flexibility index (Phi) is 18.0. The van der Waals surface area contributed by atoms with Gasteiger partial charge < -0.3 is 51.4 Å². The lowest BCUT2D eigenvalue weighted by Crippen LogP contribution is -2.55. The lowest BCUT2D eigenvalue weighted by Gasteiger charge is -2.27.